The van der Waals surface area contributed by atoms with Gasteiger partial charge in [0.1, 0.15) is 5.60 Å². The molecule has 0 unspecified atom stereocenters. The van der Waals surface area contributed by atoms with Gasteiger partial charge in [0.25, 0.3) is 0 Å². The predicted octanol–water partition coefficient (Wildman–Crippen LogP) is 4.13. The first kappa shape index (κ1) is 17.1. The zero-order chi connectivity index (χ0) is 16.2. The van der Waals surface area contributed by atoms with Crippen LogP contribution >= 0.6 is 11.8 Å². The van der Waals surface area contributed by atoms with Gasteiger partial charge in [-0.25, -0.2) is 9.78 Å². The largest absolute Gasteiger partial charge is 0.444 e. The summed E-state index contributed by atoms with van der Waals surface area (Å²) in [5, 5.41) is 1.06. The third-order valence-corrected chi connectivity index (χ3v) is 4.70. The van der Waals surface area contributed by atoms with Crippen LogP contribution in [0.2, 0.25) is 0 Å². The van der Waals surface area contributed by atoms with Crippen molar-refractivity contribution < 1.29 is 9.53 Å². The van der Waals surface area contributed by atoms with Crippen LogP contribution in [0.4, 0.5) is 4.79 Å². The first-order chi connectivity index (χ1) is 10.3. The van der Waals surface area contributed by atoms with E-state index >= 15 is 0 Å². The van der Waals surface area contributed by atoms with Crippen LogP contribution in [-0.4, -0.2) is 40.4 Å². The Balaban J connectivity index is 1.82. The highest BCUT2D eigenvalue weighted by atomic mass is 32.2. The predicted molar refractivity (Wildman–Crippen MR) is 90.2 cm³/mol. The van der Waals surface area contributed by atoms with Crippen molar-refractivity contribution in [2.75, 3.05) is 18.8 Å². The number of likely N-dealkylation sites (tertiary alicyclic amines) is 1. The molecule has 5 heteroatoms. The van der Waals surface area contributed by atoms with Crippen molar-refractivity contribution in [2.45, 2.75) is 51.2 Å². The molecule has 122 valence electrons. The maximum atomic E-state index is 12.2. The average Bonchev–Trinajstić information content (AvgIpc) is 2.45. The summed E-state index contributed by atoms with van der Waals surface area (Å²) >= 11 is 1.77. The molecule has 0 spiro atoms. The Morgan fingerprint density at radius 1 is 1.45 bits per heavy atom. The first-order valence-corrected chi connectivity index (χ1v) is 8.85. The van der Waals surface area contributed by atoms with Crippen molar-refractivity contribution >= 4 is 17.9 Å². The topological polar surface area (TPSA) is 42.4 Å². The van der Waals surface area contributed by atoms with Gasteiger partial charge in [0.15, 0.2) is 0 Å². The number of rotatable bonds is 3. The van der Waals surface area contributed by atoms with Gasteiger partial charge < -0.3 is 9.64 Å². The third-order valence-electron chi connectivity index (χ3n) is 3.52. The van der Waals surface area contributed by atoms with E-state index in [0.717, 1.165) is 36.7 Å². The molecular weight excluding hydrogens is 296 g/mol. The number of carbonyl (C=O) groups excluding carboxylic acids is 1. The second kappa shape index (κ2) is 7.36. The molecule has 2 rings (SSSR count). The summed E-state index contributed by atoms with van der Waals surface area (Å²) < 4.78 is 5.47. The molecule has 1 aromatic heterocycles. The lowest BCUT2D eigenvalue weighted by Gasteiger charge is -2.34. The fourth-order valence-corrected chi connectivity index (χ4v) is 3.41. The Bertz CT molecular complexity index is 496. The summed E-state index contributed by atoms with van der Waals surface area (Å²) in [4.78, 5) is 18.4. The molecule has 1 aliphatic heterocycles. The number of hydrogen-bond donors (Lipinski definition) is 0. The Kier molecular flexibility index (Phi) is 5.73. The highest BCUT2D eigenvalue weighted by Gasteiger charge is 2.27. The Hall–Kier alpha value is -1.23. The summed E-state index contributed by atoms with van der Waals surface area (Å²) in [5.41, 5.74) is 0.753. The van der Waals surface area contributed by atoms with E-state index in [1.54, 1.807) is 11.8 Å². The highest BCUT2D eigenvalue weighted by Crippen LogP contribution is 2.25. The van der Waals surface area contributed by atoms with Crippen molar-refractivity contribution in [1.82, 2.24) is 9.88 Å². The molecule has 1 amide bonds. The molecule has 1 atom stereocenters. The minimum atomic E-state index is -0.426. The molecule has 2 heterocycles. The minimum Gasteiger partial charge on any atom is -0.444 e. The van der Waals surface area contributed by atoms with Gasteiger partial charge in [-0.05, 0) is 58.1 Å². The molecule has 0 aliphatic carbocycles. The highest BCUT2D eigenvalue weighted by molar-refractivity contribution is 7.99. The van der Waals surface area contributed by atoms with Crippen LogP contribution in [0.1, 0.15) is 39.2 Å². The fourth-order valence-electron chi connectivity index (χ4n) is 2.44. The Morgan fingerprint density at radius 2 is 2.23 bits per heavy atom. The van der Waals surface area contributed by atoms with E-state index in [4.69, 9.17) is 4.74 Å². The molecule has 1 fully saturated rings. The van der Waals surface area contributed by atoms with Gasteiger partial charge in [-0.1, -0.05) is 6.07 Å². The number of aromatic nitrogens is 1. The fraction of sp³-hybridized carbons (Fsp3) is 0.647. The standard InChI is InChI=1S/C17H26N2O2S/c1-13-7-8-15(18-10-13)22-12-14-6-5-9-19(11-14)16(20)21-17(2,3)4/h7-8,10,14H,5-6,9,11-12H2,1-4H3/t14-/m0/s1. The molecule has 1 aliphatic rings. The molecular formula is C17H26N2O2S. The average molecular weight is 322 g/mol. The zero-order valence-electron chi connectivity index (χ0n) is 14.0. The van der Waals surface area contributed by atoms with Gasteiger partial charge in [-0.3, -0.25) is 0 Å². The van der Waals surface area contributed by atoms with Crippen LogP contribution in [0.15, 0.2) is 23.4 Å². The van der Waals surface area contributed by atoms with Gasteiger partial charge in [-0.15, -0.1) is 11.8 Å². The van der Waals surface area contributed by atoms with E-state index in [-0.39, 0.29) is 6.09 Å². The van der Waals surface area contributed by atoms with Crippen LogP contribution in [0.5, 0.6) is 0 Å². The lowest BCUT2D eigenvalue weighted by Crippen LogP contribution is -2.43. The number of hydrogen-bond acceptors (Lipinski definition) is 4. The maximum Gasteiger partial charge on any atom is 0.410 e. The summed E-state index contributed by atoms with van der Waals surface area (Å²) in [5.74, 6) is 1.50. The third kappa shape index (κ3) is 5.52. The number of piperidine rings is 1. The van der Waals surface area contributed by atoms with E-state index in [0.29, 0.717) is 5.92 Å². The SMILES string of the molecule is Cc1ccc(SC[C@H]2CCCN(C(=O)OC(C)(C)C)C2)nc1. The monoisotopic (exact) mass is 322 g/mol. The second-order valence-electron chi connectivity index (χ2n) is 6.92. The maximum absolute atomic E-state index is 12.2. The van der Waals surface area contributed by atoms with Crippen LogP contribution in [0.25, 0.3) is 0 Å². The van der Waals surface area contributed by atoms with Gasteiger partial charge in [0.2, 0.25) is 0 Å². The van der Waals surface area contributed by atoms with Gasteiger partial charge in [0.05, 0.1) is 5.03 Å². The summed E-state index contributed by atoms with van der Waals surface area (Å²) in [6, 6.07) is 4.15. The molecule has 1 aromatic rings. The summed E-state index contributed by atoms with van der Waals surface area (Å²) in [6.45, 7) is 9.36. The van der Waals surface area contributed by atoms with Crippen molar-refractivity contribution in [2.24, 2.45) is 5.92 Å². The van der Waals surface area contributed by atoms with Gasteiger partial charge in [0, 0.05) is 25.0 Å². The zero-order valence-corrected chi connectivity index (χ0v) is 14.8. The number of carbonyl (C=O) groups is 1. The minimum absolute atomic E-state index is 0.185. The van der Waals surface area contributed by atoms with E-state index in [9.17, 15) is 4.79 Å². The molecule has 4 nitrogen and oxygen atoms in total. The quantitative estimate of drug-likeness (QED) is 0.785. The number of pyridine rings is 1. The lowest BCUT2D eigenvalue weighted by atomic mass is 10.0. The van der Waals surface area contributed by atoms with Crippen LogP contribution in [0.3, 0.4) is 0 Å². The number of amides is 1. The summed E-state index contributed by atoms with van der Waals surface area (Å²) in [6.07, 6.45) is 3.93. The molecule has 0 N–H and O–H groups in total. The Labute approximate surface area is 137 Å². The molecule has 0 radical (unpaired) electrons. The van der Waals surface area contributed by atoms with Crippen molar-refractivity contribution in [3.8, 4) is 0 Å². The van der Waals surface area contributed by atoms with E-state index < -0.39 is 5.60 Å². The van der Waals surface area contributed by atoms with Crippen LogP contribution < -0.4 is 0 Å². The normalized spacial score (nSPS) is 19.1. The molecule has 0 bridgehead atoms. The Morgan fingerprint density at radius 3 is 2.86 bits per heavy atom. The van der Waals surface area contributed by atoms with Crippen molar-refractivity contribution in [1.29, 1.82) is 0 Å². The van der Waals surface area contributed by atoms with Crippen molar-refractivity contribution in [3.05, 3.63) is 23.9 Å². The first-order valence-electron chi connectivity index (χ1n) is 7.87. The van der Waals surface area contributed by atoms with Gasteiger partial charge >= 0.3 is 6.09 Å². The number of ether oxygens (including phenoxy) is 1. The smallest absolute Gasteiger partial charge is 0.410 e. The second-order valence-corrected chi connectivity index (χ2v) is 7.96. The van der Waals surface area contributed by atoms with Gasteiger partial charge in [-0.2, -0.15) is 0 Å². The molecule has 22 heavy (non-hydrogen) atoms. The molecule has 1 saturated heterocycles. The summed E-state index contributed by atoms with van der Waals surface area (Å²) in [7, 11) is 0. The van der Waals surface area contributed by atoms with E-state index in [1.165, 1.54) is 5.56 Å². The lowest BCUT2D eigenvalue weighted by molar-refractivity contribution is 0.0177. The van der Waals surface area contributed by atoms with Crippen molar-refractivity contribution in [3.63, 3.8) is 0 Å². The molecule has 0 saturated carbocycles. The van der Waals surface area contributed by atoms with E-state index in [1.807, 2.05) is 38.8 Å². The van der Waals surface area contributed by atoms with Crippen LogP contribution in [-0.2, 0) is 4.74 Å². The molecule has 0 aromatic carbocycles. The number of thioether (sulfide) groups is 1. The number of aryl methyl sites for hydroxylation is 1. The number of nitrogens with zero attached hydrogens (tertiary/aromatic N) is 2. The van der Waals surface area contributed by atoms with E-state index in [2.05, 4.69) is 17.1 Å². The van der Waals surface area contributed by atoms with Crippen LogP contribution in [0, 0.1) is 12.8 Å².